The van der Waals surface area contributed by atoms with Gasteiger partial charge in [0.2, 0.25) is 0 Å². The van der Waals surface area contributed by atoms with Crippen molar-refractivity contribution in [2.45, 2.75) is 9.79 Å². The predicted molar refractivity (Wildman–Crippen MR) is 171 cm³/mol. The maximum absolute atomic E-state index is 2.43. The van der Waals surface area contributed by atoms with Crippen molar-refractivity contribution in [2.24, 2.45) is 0 Å². The standard InChI is InChI=1S/C38H23NS/c1-2-12-28-24(9-1)10-7-16-33(28)39-34-15-5-3-13-29(34)31-22-25(19-20-35(31)39)27-21-26-11-8-18-37-38(26)32(23-27)30-14-4-6-17-36(30)40-37/h1-23H. The van der Waals surface area contributed by atoms with E-state index in [4.69, 9.17) is 0 Å². The lowest BCUT2D eigenvalue weighted by atomic mass is 9.92. The topological polar surface area (TPSA) is 4.93 Å². The van der Waals surface area contributed by atoms with Gasteiger partial charge in [-0.15, -0.1) is 0 Å². The van der Waals surface area contributed by atoms with Crippen molar-refractivity contribution in [1.82, 2.24) is 4.57 Å². The molecule has 1 aliphatic rings. The first kappa shape index (κ1) is 22.1. The molecule has 0 unspecified atom stereocenters. The molecule has 1 nitrogen and oxygen atoms in total. The average molecular weight is 526 g/mol. The zero-order chi connectivity index (χ0) is 26.2. The second kappa shape index (κ2) is 8.35. The molecule has 9 rings (SSSR count). The van der Waals surface area contributed by atoms with E-state index in [9.17, 15) is 0 Å². The number of rotatable bonds is 2. The molecule has 0 bridgehead atoms. The van der Waals surface area contributed by atoms with Crippen LogP contribution in [0, 0.1) is 0 Å². The maximum atomic E-state index is 2.43. The van der Waals surface area contributed by atoms with Crippen molar-refractivity contribution in [3.63, 3.8) is 0 Å². The number of benzene rings is 7. The number of hydrogen-bond donors (Lipinski definition) is 0. The van der Waals surface area contributed by atoms with E-state index in [-0.39, 0.29) is 0 Å². The van der Waals surface area contributed by atoms with E-state index in [0.717, 1.165) is 0 Å². The van der Waals surface area contributed by atoms with Crippen LogP contribution in [-0.4, -0.2) is 4.57 Å². The minimum absolute atomic E-state index is 1.22. The van der Waals surface area contributed by atoms with Crippen molar-refractivity contribution in [3.8, 4) is 27.9 Å². The second-order valence-corrected chi connectivity index (χ2v) is 11.6. The van der Waals surface area contributed by atoms with Crippen molar-refractivity contribution < 1.29 is 0 Å². The van der Waals surface area contributed by atoms with Gasteiger partial charge in [0.25, 0.3) is 0 Å². The van der Waals surface area contributed by atoms with E-state index >= 15 is 0 Å². The van der Waals surface area contributed by atoms with Gasteiger partial charge in [0.15, 0.2) is 0 Å². The summed E-state index contributed by atoms with van der Waals surface area (Å²) in [6, 6.07) is 51.3. The van der Waals surface area contributed by atoms with Crippen molar-refractivity contribution in [2.75, 3.05) is 0 Å². The Bertz CT molecular complexity index is 2300. The summed E-state index contributed by atoms with van der Waals surface area (Å²) in [4.78, 5) is 2.67. The first-order chi connectivity index (χ1) is 19.8. The SMILES string of the molecule is c1ccc2c(c1)Sc1cccc3cc(-c4ccc5c(c4)c4ccccc4n5-c4cccc5ccccc45)cc-2c13. The molecule has 0 saturated heterocycles. The third-order valence-electron chi connectivity index (χ3n) is 8.35. The van der Waals surface area contributed by atoms with Crippen LogP contribution >= 0.6 is 11.8 Å². The molecule has 0 radical (unpaired) electrons. The Kier molecular flexibility index (Phi) is 4.61. The van der Waals surface area contributed by atoms with Crippen LogP contribution in [0.4, 0.5) is 0 Å². The molecule has 0 spiro atoms. The molecule has 40 heavy (non-hydrogen) atoms. The molecule has 0 saturated carbocycles. The maximum Gasteiger partial charge on any atom is 0.0541 e. The zero-order valence-corrected chi connectivity index (χ0v) is 22.5. The quantitative estimate of drug-likeness (QED) is 0.217. The molecule has 8 aromatic rings. The fraction of sp³-hybridized carbons (Fsp3) is 0. The Morgan fingerprint density at radius 2 is 1.15 bits per heavy atom. The predicted octanol–water partition coefficient (Wildman–Crippen LogP) is 10.9. The van der Waals surface area contributed by atoms with E-state index < -0.39 is 0 Å². The van der Waals surface area contributed by atoms with Gasteiger partial charge >= 0.3 is 0 Å². The summed E-state index contributed by atoms with van der Waals surface area (Å²) in [5.74, 6) is 0. The highest BCUT2D eigenvalue weighted by molar-refractivity contribution is 7.99. The minimum atomic E-state index is 1.22. The Morgan fingerprint density at radius 1 is 0.425 bits per heavy atom. The Morgan fingerprint density at radius 3 is 2.12 bits per heavy atom. The van der Waals surface area contributed by atoms with Crippen LogP contribution in [0.2, 0.25) is 0 Å². The first-order valence-electron chi connectivity index (χ1n) is 13.7. The van der Waals surface area contributed by atoms with Gasteiger partial charge in [-0.25, -0.2) is 0 Å². The largest absolute Gasteiger partial charge is 0.309 e. The Hall–Kier alpha value is -4.79. The third-order valence-corrected chi connectivity index (χ3v) is 9.49. The van der Waals surface area contributed by atoms with E-state index in [1.807, 2.05) is 11.8 Å². The van der Waals surface area contributed by atoms with Crippen LogP contribution in [0.15, 0.2) is 149 Å². The van der Waals surface area contributed by atoms with Crippen molar-refractivity contribution in [1.29, 1.82) is 0 Å². The van der Waals surface area contributed by atoms with Crippen LogP contribution in [0.5, 0.6) is 0 Å². The second-order valence-electron chi connectivity index (χ2n) is 10.6. The lowest BCUT2D eigenvalue weighted by Crippen LogP contribution is -1.95. The van der Waals surface area contributed by atoms with Crippen LogP contribution < -0.4 is 0 Å². The highest BCUT2D eigenvalue weighted by Gasteiger charge is 2.20. The summed E-state index contributed by atoms with van der Waals surface area (Å²) in [5.41, 5.74) is 8.83. The van der Waals surface area contributed by atoms with Gasteiger partial charge in [0.1, 0.15) is 0 Å². The molecule has 1 aliphatic heterocycles. The van der Waals surface area contributed by atoms with Gasteiger partial charge in [-0.2, -0.15) is 0 Å². The molecule has 1 aromatic heterocycles. The molecule has 0 amide bonds. The monoisotopic (exact) mass is 525 g/mol. The molecule has 7 aromatic carbocycles. The Balaban J connectivity index is 1.32. The molecular weight excluding hydrogens is 502 g/mol. The highest BCUT2D eigenvalue weighted by Crippen LogP contribution is 2.49. The normalized spacial score (nSPS) is 12.4. The molecule has 0 N–H and O–H groups in total. The van der Waals surface area contributed by atoms with E-state index in [1.165, 1.54) is 81.1 Å². The van der Waals surface area contributed by atoms with Gasteiger partial charge in [0.05, 0.1) is 16.7 Å². The first-order valence-corrected chi connectivity index (χ1v) is 14.5. The molecule has 2 heterocycles. The van der Waals surface area contributed by atoms with Gasteiger partial charge in [-0.1, -0.05) is 103 Å². The Labute approximate surface area is 236 Å². The van der Waals surface area contributed by atoms with Crippen molar-refractivity contribution in [3.05, 3.63) is 140 Å². The molecule has 0 fully saturated rings. The molecule has 2 heteroatoms. The summed E-state index contributed by atoms with van der Waals surface area (Å²) in [7, 11) is 0. The number of para-hydroxylation sites is 1. The summed E-state index contributed by atoms with van der Waals surface area (Å²) >= 11 is 1.88. The van der Waals surface area contributed by atoms with Gasteiger partial charge in [0, 0.05) is 31.3 Å². The van der Waals surface area contributed by atoms with Crippen LogP contribution in [0.3, 0.4) is 0 Å². The molecular formula is C38H23NS. The summed E-state index contributed by atoms with van der Waals surface area (Å²) < 4.78 is 2.43. The summed E-state index contributed by atoms with van der Waals surface area (Å²) in [6.07, 6.45) is 0. The van der Waals surface area contributed by atoms with E-state index in [1.54, 1.807) is 0 Å². The smallest absolute Gasteiger partial charge is 0.0541 e. The number of fused-ring (bicyclic) bond motifs is 6. The zero-order valence-electron chi connectivity index (χ0n) is 21.6. The highest BCUT2D eigenvalue weighted by atomic mass is 32.2. The van der Waals surface area contributed by atoms with E-state index in [0.29, 0.717) is 0 Å². The molecule has 0 atom stereocenters. The van der Waals surface area contributed by atoms with Crippen LogP contribution in [-0.2, 0) is 0 Å². The number of aromatic nitrogens is 1. The summed E-state index contributed by atoms with van der Waals surface area (Å²) in [6.45, 7) is 0. The van der Waals surface area contributed by atoms with Gasteiger partial charge in [-0.05, 0) is 81.6 Å². The fourth-order valence-electron chi connectivity index (χ4n) is 6.57. The minimum Gasteiger partial charge on any atom is -0.309 e. The molecule has 186 valence electrons. The lowest BCUT2D eigenvalue weighted by molar-refractivity contribution is 1.20. The number of hydrogen-bond acceptors (Lipinski definition) is 1. The van der Waals surface area contributed by atoms with Gasteiger partial charge < -0.3 is 4.57 Å². The van der Waals surface area contributed by atoms with E-state index in [2.05, 4.69) is 144 Å². The van der Waals surface area contributed by atoms with Crippen LogP contribution in [0.1, 0.15) is 0 Å². The third kappa shape index (κ3) is 3.11. The van der Waals surface area contributed by atoms with Crippen LogP contribution in [0.25, 0.3) is 71.3 Å². The number of nitrogens with zero attached hydrogens (tertiary/aromatic N) is 1. The summed E-state index contributed by atoms with van der Waals surface area (Å²) in [5, 5.41) is 7.73. The lowest BCUT2D eigenvalue weighted by Gasteiger charge is -2.21. The molecule has 0 aliphatic carbocycles. The van der Waals surface area contributed by atoms with Gasteiger partial charge in [-0.3, -0.25) is 0 Å². The fourth-order valence-corrected chi connectivity index (χ4v) is 7.72. The van der Waals surface area contributed by atoms with Crippen molar-refractivity contribution >= 4 is 55.1 Å². The average Bonchev–Trinajstić information content (AvgIpc) is 3.34.